The van der Waals surface area contributed by atoms with Crippen molar-refractivity contribution in [2.24, 2.45) is 0 Å². The molecular weight excluding hydrogens is 271 g/mol. The van der Waals surface area contributed by atoms with Crippen molar-refractivity contribution < 1.29 is 4.79 Å². The van der Waals surface area contributed by atoms with Crippen LogP contribution in [-0.2, 0) is 0 Å². The molecule has 3 nitrogen and oxygen atoms in total. The molecule has 0 spiro atoms. The lowest BCUT2D eigenvalue weighted by atomic mass is 10.1. The van der Waals surface area contributed by atoms with Gasteiger partial charge in [0.25, 0.3) is 5.91 Å². The number of carbonyl (C=O) groups is 1. The maximum atomic E-state index is 12.3. The first kappa shape index (κ1) is 14.8. The van der Waals surface area contributed by atoms with Crippen molar-refractivity contribution >= 4 is 29.1 Å². The van der Waals surface area contributed by atoms with Gasteiger partial charge in [0, 0.05) is 28.2 Å². The Morgan fingerprint density at radius 2 is 1.89 bits per heavy atom. The maximum absolute atomic E-state index is 12.3. The van der Waals surface area contributed by atoms with E-state index in [9.17, 15) is 4.79 Å². The molecule has 1 amide bonds. The van der Waals surface area contributed by atoms with Crippen molar-refractivity contribution in [3.8, 4) is 6.07 Å². The zero-order valence-electron chi connectivity index (χ0n) is 10.3. The molecule has 0 aromatic heterocycles. The van der Waals surface area contributed by atoms with E-state index < -0.39 is 0 Å². The Hall–Kier alpha value is -1.24. The highest BCUT2D eigenvalue weighted by atomic mass is 35.5. The van der Waals surface area contributed by atoms with Gasteiger partial charge in [0.1, 0.15) is 0 Å². The van der Waals surface area contributed by atoms with Gasteiger partial charge in [0.15, 0.2) is 0 Å². The average molecular weight is 285 g/mol. The third-order valence-corrected chi connectivity index (χ3v) is 2.89. The second kappa shape index (κ2) is 6.63. The molecule has 1 rings (SSSR count). The summed E-state index contributed by atoms with van der Waals surface area (Å²) < 4.78 is 0. The Labute approximate surface area is 117 Å². The molecule has 0 aliphatic heterocycles. The van der Waals surface area contributed by atoms with E-state index in [1.165, 1.54) is 0 Å². The molecule has 0 heterocycles. The number of nitriles is 1. The molecule has 18 heavy (non-hydrogen) atoms. The monoisotopic (exact) mass is 284 g/mol. The van der Waals surface area contributed by atoms with Gasteiger partial charge in [-0.05, 0) is 32.0 Å². The summed E-state index contributed by atoms with van der Waals surface area (Å²) in [5.41, 5.74) is 0.444. The van der Waals surface area contributed by atoms with E-state index in [0.717, 1.165) is 0 Å². The SMILES string of the molecule is CC(C)N(CCC#N)C(=O)c1cc(Cl)cc(Cl)c1. The van der Waals surface area contributed by atoms with Gasteiger partial charge in [0.05, 0.1) is 12.5 Å². The quantitative estimate of drug-likeness (QED) is 0.845. The third kappa shape index (κ3) is 3.90. The van der Waals surface area contributed by atoms with Crippen LogP contribution in [0.3, 0.4) is 0 Å². The minimum atomic E-state index is -0.162. The molecule has 96 valence electrons. The number of amides is 1. The lowest BCUT2D eigenvalue weighted by Crippen LogP contribution is -2.37. The zero-order valence-corrected chi connectivity index (χ0v) is 11.8. The molecule has 0 aliphatic rings. The molecule has 1 aromatic rings. The highest BCUT2D eigenvalue weighted by molar-refractivity contribution is 6.35. The number of hydrogen-bond acceptors (Lipinski definition) is 2. The molecule has 0 bridgehead atoms. The number of hydrogen-bond donors (Lipinski definition) is 0. The summed E-state index contributed by atoms with van der Waals surface area (Å²) in [5, 5.41) is 9.46. The van der Waals surface area contributed by atoms with Gasteiger partial charge in [-0.1, -0.05) is 23.2 Å². The first-order chi connectivity index (χ1) is 8.45. The highest BCUT2D eigenvalue weighted by Crippen LogP contribution is 2.21. The van der Waals surface area contributed by atoms with Crippen LogP contribution in [-0.4, -0.2) is 23.4 Å². The molecule has 0 atom stereocenters. The lowest BCUT2D eigenvalue weighted by molar-refractivity contribution is 0.0710. The number of carbonyl (C=O) groups excluding carboxylic acids is 1. The summed E-state index contributed by atoms with van der Waals surface area (Å²) in [4.78, 5) is 13.9. The minimum Gasteiger partial charge on any atom is -0.335 e. The summed E-state index contributed by atoms with van der Waals surface area (Å²) in [5.74, 6) is -0.162. The van der Waals surface area contributed by atoms with Crippen LogP contribution in [0.4, 0.5) is 0 Å². The van der Waals surface area contributed by atoms with E-state index in [0.29, 0.717) is 28.6 Å². The molecule has 0 saturated carbocycles. The molecule has 0 aliphatic carbocycles. The highest BCUT2D eigenvalue weighted by Gasteiger charge is 2.19. The van der Waals surface area contributed by atoms with Crippen LogP contribution >= 0.6 is 23.2 Å². The number of nitrogens with zero attached hydrogens (tertiary/aromatic N) is 2. The Morgan fingerprint density at radius 1 is 1.33 bits per heavy atom. The zero-order chi connectivity index (χ0) is 13.7. The molecule has 5 heteroatoms. The van der Waals surface area contributed by atoms with Gasteiger partial charge in [-0.25, -0.2) is 0 Å². The van der Waals surface area contributed by atoms with Gasteiger partial charge in [-0.2, -0.15) is 5.26 Å². The molecule has 0 saturated heterocycles. The maximum Gasteiger partial charge on any atom is 0.254 e. The van der Waals surface area contributed by atoms with Gasteiger partial charge in [0.2, 0.25) is 0 Å². The number of benzene rings is 1. The Kier molecular flexibility index (Phi) is 5.46. The Balaban J connectivity index is 2.98. The van der Waals surface area contributed by atoms with Crippen LogP contribution < -0.4 is 0 Å². The predicted octanol–water partition coefficient (Wildman–Crippen LogP) is 3.76. The van der Waals surface area contributed by atoms with Crippen molar-refractivity contribution in [2.75, 3.05) is 6.54 Å². The van der Waals surface area contributed by atoms with Crippen LogP contribution in [0, 0.1) is 11.3 Å². The van der Waals surface area contributed by atoms with E-state index in [-0.39, 0.29) is 11.9 Å². The Morgan fingerprint density at radius 3 is 2.33 bits per heavy atom. The van der Waals surface area contributed by atoms with Gasteiger partial charge >= 0.3 is 0 Å². The average Bonchev–Trinajstić information content (AvgIpc) is 2.27. The van der Waals surface area contributed by atoms with Gasteiger partial charge in [-0.3, -0.25) is 4.79 Å². The third-order valence-electron chi connectivity index (χ3n) is 2.46. The van der Waals surface area contributed by atoms with Crippen LogP contribution in [0.1, 0.15) is 30.6 Å². The second-order valence-electron chi connectivity index (χ2n) is 4.16. The van der Waals surface area contributed by atoms with E-state index in [4.69, 9.17) is 28.5 Å². The molecular formula is C13H14Cl2N2O. The molecule has 0 unspecified atom stereocenters. The first-order valence-electron chi connectivity index (χ1n) is 5.59. The molecule has 1 aromatic carbocycles. The largest absolute Gasteiger partial charge is 0.335 e. The van der Waals surface area contributed by atoms with E-state index >= 15 is 0 Å². The fourth-order valence-electron chi connectivity index (χ4n) is 1.61. The topological polar surface area (TPSA) is 44.1 Å². The standard InChI is InChI=1S/C13H14Cl2N2O/c1-9(2)17(5-3-4-16)13(18)10-6-11(14)8-12(15)7-10/h6-9H,3,5H2,1-2H3. The minimum absolute atomic E-state index is 0.0172. The molecule has 0 N–H and O–H groups in total. The predicted molar refractivity (Wildman–Crippen MR) is 72.9 cm³/mol. The van der Waals surface area contributed by atoms with Crippen LogP contribution in [0.5, 0.6) is 0 Å². The smallest absolute Gasteiger partial charge is 0.254 e. The van der Waals surface area contributed by atoms with Crippen molar-refractivity contribution in [3.63, 3.8) is 0 Å². The first-order valence-corrected chi connectivity index (χ1v) is 6.35. The molecule has 0 radical (unpaired) electrons. The lowest BCUT2D eigenvalue weighted by Gasteiger charge is -2.26. The van der Waals surface area contributed by atoms with Crippen LogP contribution in [0.15, 0.2) is 18.2 Å². The number of rotatable bonds is 4. The summed E-state index contributed by atoms with van der Waals surface area (Å²) >= 11 is 11.8. The second-order valence-corrected chi connectivity index (χ2v) is 5.03. The Bertz CT molecular complexity index is 460. The van der Waals surface area contributed by atoms with Crippen molar-refractivity contribution in [3.05, 3.63) is 33.8 Å². The van der Waals surface area contributed by atoms with E-state index in [1.54, 1.807) is 23.1 Å². The fraction of sp³-hybridized carbons (Fsp3) is 0.385. The summed E-state index contributed by atoms with van der Waals surface area (Å²) in [6.07, 6.45) is 0.304. The van der Waals surface area contributed by atoms with Crippen molar-refractivity contribution in [1.82, 2.24) is 4.90 Å². The van der Waals surface area contributed by atoms with E-state index in [1.807, 2.05) is 19.9 Å². The van der Waals surface area contributed by atoms with Crippen molar-refractivity contribution in [1.29, 1.82) is 5.26 Å². The van der Waals surface area contributed by atoms with Crippen molar-refractivity contribution in [2.45, 2.75) is 26.3 Å². The van der Waals surface area contributed by atoms with E-state index in [2.05, 4.69) is 0 Å². The molecule has 0 fully saturated rings. The fourth-order valence-corrected chi connectivity index (χ4v) is 2.13. The number of halogens is 2. The van der Waals surface area contributed by atoms with Gasteiger partial charge in [-0.15, -0.1) is 0 Å². The summed E-state index contributed by atoms with van der Waals surface area (Å²) in [7, 11) is 0. The normalized spacial score (nSPS) is 10.2. The van der Waals surface area contributed by atoms with Crippen LogP contribution in [0.25, 0.3) is 0 Å². The van der Waals surface area contributed by atoms with Crippen LogP contribution in [0.2, 0.25) is 10.0 Å². The van der Waals surface area contributed by atoms with Gasteiger partial charge < -0.3 is 4.90 Å². The summed E-state index contributed by atoms with van der Waals surface area (Å²) in [6.45, 7) is 4.21. The summed E-state index contributed by atoms with van der Waals surface area (Å²) in [6, 6.07) is 6.79.